The molecule has 0 aliphatic heterocycles. The maximum absolute atomic E-state index is 11.4. The van der Waals surface area contributed by atoms with Crippen LogP contribution in [0.15, 0.2) is 35.1 Å². The first-order chi connectivity index (χ1) is 9.72. The first-order valence-electron chi connectivity index (χ1n) is 6.28. The Hall–Kier alpha value is -2.34. The summed E-state index contributed by atoms with van der Waals surface area (Å²) in [6.07, 6.45) is 0.487. The van der Waals surface area contributed by atoms with Crippen LogP contribution in [0.3, 0.4) is 0 Å². The molecule has 1 aromatic carbocycles. The number of H-pyrrole nitrogens is 1. The van der Waals surface area contributed by atoms with Gasteiger partial charge in [0.25, 0.3) is 5.56 Å². The van der Waals surface area contributed by atoms with E-state index in [4.69, 9.17) is 15.2 Å². The first-order valence-corrected chi connectivity index (χ1v) is 6.28. The van der Waals surface area contributed by atoms with Crippen molar-refractivity contribution in [2.24, 2.45) is 5.73 Å². The molecule has 0 radical (unpaired) electrons. The topological polar surface area (TPSA) is 90.2 Å². The minimum absolute atomic E-state index is 0.201. The number of hydrogen-bond acceptors (Lipinski definition) is 5. The van der Waals surface area contributed by atoms with E-state index in [2.05, 4.69) is 9.97 Å². The van der Waals surface area contributed by atoms with Gasteiger partial charge in [-0.1, -0.05) is 12.1 Å². The summed E-state index contributed by atoms with van der Waals surface area (Å²) in [5.41, 5.74) is 5.85. The summed E-state index contributed by atoms with van der Waals surface area (Å²) in [5, 5.41) is 0. The molecule has 0 atom stereocenters. The lowest BCUT2D eigenvalue weighted by Gasteiger charge is -2.10. The van der Waals surface area contributed by atoms with Gasteiger partial charge in [0.15, 0.2) is 11.5 Å². The third-order valence-corrected chi connectivity index (χ3v) is 2.72. The van der Waals surface area contributed by atoms with Gasteiger partial charge >= 0.3 is 0 Å². The minimum Gasteiger partial charge on any atom is -0.493 e. The fraction of sp³-hybridized carbons (Fsp3) is 0.286. The van der Waals surface area contributed by atoms with E-state index < -0.39 is 0 Å². The van der Waals surface area contributed by atoms with Crippen molar-refractivity contribution >= 4 is 0 Å². The highest BCUT2D eigenvalue weighted by Crippen LogP contribution is 2.25. The summed E-state index contributed by atoms with van der Waals surface area (Å²) in [4.78, 5) is 18.3. The normalized spacial score (nSPS) is 10.3. The Bertz CT molecular complexity index is 625. The molecule has 0 saturated carbocycles. The summed E-state index contributed by atoms with van der Waals surface area (Å²) in [6.45, 7) is 0.627. The number of aromatic nitrogens is 2. The van der Waals surface area contributed by atoms with Crippen LogP contribution in [0.5, 0.6) is 11.5 Å². The number of rotatable bonds is 6. The largest absolute Gasteiger partial charge is 0.493 e. The van der Waals surface area contributed by atoms with Gasteiger partial charge in [-0.2, -0.15) is 0 Å². The molecule has 0 spiro atoms. The third-order valence-electron chi connectivity index (χ3n) is 2.72. The lowest BCUT2D eigenvalue weighted by Crippen LogP contribution is -2.16. The fourth-order valence-electron chi connectivity index (χ4n) is 1.78. The van der Waals surface area contributed by atoms with Crippen LogP contribution < -0.4 is 20.8 Å². The van der Waals surface area contributed by atoms with Crippen molar-refractivity contribution in [2.75, 3.05) is 13.7 Å². The SMILES string of the molecule is COc1ccccc1OCCc1nc(CN)cc(=O)[nH]1. The lowest BCUT2D eigenvalue weighted by atomic mass is 10.3. The second kappa shape index (κ2) is 6.72. The number of aromatic amines is 1. The van der Waals surface area contributed by atoms with Crippen molar-refractivity contribution in [3.63, 3.8) is 0 Å². The molecule has 106 valence electrons. The van der Waals surface area contributed by atoms with Gasteiger partial charge < -0.3 is 20.2 Å². The zero-order chi connectivity index (χ0) is 14.4. The fourth-order valence-corrected chi connectivity index (χ4v) is 1.78. The van der Waals surface area contributed by atoms with E-state index in [-0.39, 0.29) is 12.1 Å². The predicted octanol–water partition coefficient (Wildman–Crippen LogP) is 0.859. The molecule has 2 rings (SSSR count). The summed E-state index contributed by atoms with van der Waals surface area (Å²) in [7, 11) is 1.59. The number of nitrogens with two attached hydrogens (primary N) is 1. The Kier molecular flexibility index (Phi) is 4.73. The smallest absolute Gasteiger partial charge is 0.251 e. The second-order valence-electron chi connectivity index (χ2n) is 4.14. The maximum Gasteiger partial charge on any atom is 0.251 e. The van der Waals surface area contributed by atoms with Crippen molar-refractivity contribution in [1.82, 2.24) is 9.97 Å². The van der Waals surface area contributed by atoms with Gasteiger partial charge in [0, 0.05) is 19.0 Å². The van der Waals surface area contributed by atoms with Crippen molar-refractivity contribution in [1.29, 1.82) is 0 Å². The van der Waals surface area contributed by atoms with E-state index in [1.807, 2.05) is 24.3 Å². The Morgan fingerprint density at radius 3 is 2.75 bits per heavy atom. The van der Waals surface area contributed by atoms with Gasteiger partial charge in [-0.15, -0.1) is 0 Å². The molecule has 2 aromatic rings. The molecule has 0 unspecified atom stereocenters. The van der Waals surface area contributed by atoms with Crippen molar-refractivity contribution in [2.45, 2.75) is 13.0 Å². The van der Waals surface area contributed by atoms with Gasteiger partial charge in [0.2, 0.25) is 0 Å². The van der Waals surface area contributed by atoms with Gasteiger partial charge in [0.05, 0.1) is 19.4 Å². The Morgan fingerprint density at radius 1 is 1.30 bits per heavy atom. The lowest BCUT2D eigenvalue weighted by molar-refractivity contribution is 0.295. The van der Waals surface area contributed by atoms with Gasteiger partial charge in [0.1, 0.15) is 5.82 Å². The van der Waals surface area contributed by atoms with Gasteiger partial charge in [-0.25, -0.2) is 4.98 Å². The number of hydrogen-bond donors (Lipinski definition) is 2. The molecule has 0 aliphatic carbocycles. The molecular weight excluding hydrogens is 258 g/mol. The molecule has 1 heterocycles. The summed E-state index contributed by atoms with van der Waals surface area (Å²) < 4.78 is 10.8. The number of ether oxygens (including phenoxy) is 2. The molecule has 0 amide bonds. The summed E-state index contributed by atoms with van der Waals surface area (Å²) in [6, 6.07) is 8.78. The van der Waals surface area contributed by atoms with Crippen molar-refractivity contribution in [3.05, 3.63) is 52.2 Å². The van der Waals surface area contributed by atoms with Crippen molar-refractivity contribution in [3.8, 4) is 11.5 Å². The first kappa shape index (κ1) is 14.1. The average Bonchev–Trinajstić information content (AvgIpc) is 2.47. The third kappa shape index (κ3) is 3.58. The highest BCUT2D eigenvalue weighted by molar-refractivity contribution is 5.39. The molecule has 6 heteroatoms. The van der Waals surface area contributed by atoms with E-state index in [9.17, 15) is 4.79 Å². The summed E-state index contributed by atoms with van der Waals surface area (Å²) >= 11 is 0. The number of nitrogens with one attached hydrogen (secondary N) is 1. The van der Waals surface area contributed by atoms with E-state index in [0.29, 0.717) is 36.0 Å². The van der Waals surface area contributed by atoms with Crippen LogP contribution in [0.4, 0.5) is 0 Å². The van der Waals surface area contributed by atoms with E-state index in [1.54, 1.807) is 7.11 Å². The maximum atomic E-state index is 11.4. The number of methoxy groups -OCH3 is 1. The molecule has 0 aliphatic rings. The summed E-state index contributed by atoms with van der Waals surface area (Å²) in [5.74, 6) is 1.89. The number of para-hydroxylation sites is 2. The number of benzene rings is 1. The quantitative estimate of drug-likeness (QED) is 0.816. The highest BCUT2D eigenvalue weighted by Gasteiger charge is 2.04. The van der Waals surface area contributed by atoms with Gasteiger partial charge in [-0.3, -0.25) is 4.79 Å². The van der Waals surface area contributed by atoms with E-state index in [0.717, 1.165) is 0 Å². The molecule has 0 saturated heterocycles. The number of nitrogens with zero attached hydrogens (tertiary/aromatic N) is 1. The van der Waals surface area contributed by atoms with Crippen LogP contribution in [0, 0.1) is 0 Å². The predicted molar refractivity (Wildman–Crippen MR) is 74.9 cm³/mol. The molecule has 1 aromatic heterocycles. The molecule has 6 nitrogen and oxygen atoms in total. The zero-order valence-electron chi connectivity index (χ0n) is 11.3. The van der Waals surface area contributed by atoms with E-state index >= 15 is 0 Å². The van der Waals surface area contributed by atoms with Crippen LogP contribution in [-0.4, -0.2) is 23.7 Å². The zero-order valence-corrected chi connectivity index (χ0v) is 11.3. The Balaban J connectivity index is 1.99. The molecule has 3 N–H and O–H groups in total. The molecule has 0 fully saturated rings. The Morgan fingerprint density at radius 2 is 2.05 bits per heavy atom. The van der Waals surface area contributed by atoms with Crippen LogP contribution in [0.1, 0.15) is 11.5 Å². The average molecular weight is 275 g/mol. The molecular formula is C14H17N3O3. The van der Waals surface area contributed by atoms with Crippen LogP contribution in [0.25, 0.3) is 0 Å². The Labute approximate surface area is 116 Å². The second-order valence-corrected chi connectivity index (χ2v) is 4.14. The van der Waals surface area contributed by atoms with Crippen molar-refractivity contribution < 1.29 is 9.47 Å². The van der Waals surface area contributed by atoms with Crippen LogP contribution in [0.2, 0.25) is 0 Å². The minimum atomic E-state index is -0.201. The van der Waals surface area contributed by atoms with Gasteiger partial charge in [-0.05, 0) is 12.1 Å². The molecule has 0 bridgehead atoms. The monoisotopic (exact) mass is 275 g/mol. The standard InChI is InChI=1S/C14H17N3O3/c1-19-11-4-2-3-5-12(11)20-7-6-13-16-10(9-15)8-14(18)17-13/h2-5,8H,6-7,9,15H2,1H3,(H,16,17,18). The van der Waals surface area contributed by atoms with E-state index in [1.165, 1.54) is 6.07 Å². The highest BCUT2D eigenvalue weighted by atomic mass is 16.5. The molecule has 20 heavy (non-hydrogen) atoms. The van der Waals surface area contributed by atoms with Crippen LogP contribution in [-0.2, 0) is 13.0 Å². The van der Waals surface area contributed by atoms with Crippen LogP contribution >= 0.6 is 0 Å².